The molecule has 2 aliphatic rings. The number of rotatable bonds is 6. The van der Waals surface area contributed by atoms with Crippen LogP contribution in [0.15, 0.2) is 0 Å². The van der Waals surface area contributed by atoms with Crippen LogP contribution in [0.5, 0.6) is 0 Å². The van der Waals surface area contributed by atoms with Crippen molar-refractivity contribution in [2.24, 2.45) is 5.92 Å². The number of amides is 1. The Balaban J connectivity index is 2.39. The molecule has 0 radical (unpaired) electrons. The highest BCUT2D eigenvalue weighted by molar-refractivity contribution is 7.86. The van der Waals surface area contributed by atoms with Crippen LogP contribution in [0.4, 0.5) is 4.79 Å². The van der Waals surface area contributed by atoms with Gasteiger partial charge in [-0.2, -0.15) is 8.42 Å². The van der Waals surface area contributed by atoms with E-state index in [1.807, 2.05) is 6.92 Å². The van der Waals surface area contributed by atoms with Gasteiger partial charge >= 0.3 is 6.09 Å². The lowest BCUT2D eigenvalue weighted by Crippen LogP contribution is -2.64. The fraction of sp³-hybridized carbons (Fsp3) is 0.933. The molecule has 2 bridgehead atoms. The number of carbonyl (C=O) groups excluding carboxylic acids is 1. The van der Waals surface area contributed by atoms with E-state index in [1.54, 1.807) is 4.90 Å². The van der Waals surface area contributed by atoms with Crippen molar-refractivity contribution in [2.75, 3.05) is 20.0 Å². The molecule has 0 aromatic carbocycles. The van der Waals surface area contributed by atoms with E-state index in [0.717, 1.165) is 25.5 Å². The second kappa shape index (κ2) is 6.94. The largest absolute Gasteiger partial charge is 0.854 e. The normalized spacial score (nSPS) is 33.7. The molecule has 23 heavy (non-hydrogen) atoms. The van der Waals surface area contributed by atoms with E-state index in [2.05, 4.69) is 0 Å². The summed E-state index contributed by atoms with van der Waals surface area (Å²) >= 11 is 0. The van der Waals surface area contributed by atoms with Gasteiger partial charge < -0.3 is 9.84 Å². The molecule has 7 nitrogen and oxygen atoms in total. The molecule has 1 amide bonds. The van der Waals surface area contributed by atoms with Crippen LogP contribution in [0.1, 0.15) is 45.4 Å². The minimum absolute atomic E-state index is 0.131. The molecule has 0 N–H and O–H groups in total. The van der Waals surface area contributed by atoms with Crippen LogP contribution in [0, 0.1) is 5.92 Å². The van der Waals surface area contributed by atoms with Gasteiger partial charge in [-0.1, -0.05) is 19.8 Å². The Kier molecular flexibility index (Phi) is 5.58. The van der Waals surface area contributed by atoms with Crippen molar-refractivity contribution in [1.29, 1.82) is 0 Å². The van der Waals surface area contributed by atoms with Gasteiger partial charge in [0.1, 0.15) is 0 Å². The van der Waals surface area contributed by atoms with Crippen LogP contribution in [0.25, 0.3) is 0 Å². The van der Waals surface area contributed by atoms with Crippen molar-refractivity contribution >= 4 is 16.2 Å². The summed E-state index contributed by atoms with van der Waals surface area (Å²) in [6, 6.07) is -0.131. The molecule has 134 valence electrons. The third-order valence-corrected chi connectivity index (χ3v) is 5.81. The number of methoxy groups -OCH3 is 1. The van der Waals surface area contributed by atoms with Crippen molar-refractivity contribution in [3.05, 3.63) is 0 Å². The van der Waals surface area contributed by atoms with E-state index < -0.39 is 40.4 Å². The van der Waals surface area contributed by atoms with E-state index in [4.69, 9.17) is 8.92 Å². The summed E-state index contributed by atoms with van der Waals surface area (Å²) in [6.45, 7) is 1.58. The number of hydrogen-bond donors (Lipinski definition) is 0. The predicted octanol–water partition coefficient (Wildman–Crippen LogP) is 0.871. The Morgan fingerprint density at radius 2 is 2.13 bits per heavy atom. The lowest BCUT2D eigenvalue weighted by molar-refractivity contribution is -0.391. The lowest BCUT2D eigenvalue weighted by Gasteiger charge is -2.53. The van der Waals surface area contributed by atoms with Gasteiger partial charge in [0.15, 0.2) is 0 Å². The molecule has 2 rings (SSSR count). The van der Waals surface area contributed by atoms with E-state index in [1.165, 1.54) is 7.11 Å². The Morgan fingerprint density at radius 3 is 2.65 bits per heavy atom. The first-order valence-electron chi connectivity index (χ1n) is 8.12. The first-order valence-corrected chi connectivity index (χ1v) is 9.94. The van der Waals surface area contributed by atoms with Crippen LogP contribution < -0.4 is 5.11 Å². The van der Waals surface area contributed by atoms with Crippen LogP contribution >= 0.6 is 0 Å². The minimum atomic E-state index is -3.65. The second-order valence-electron chi connectivity index (χ2n) is 6.59. The number of fused-ring (bicyclic) bond motifs is 2. The maximum Gasteiger partial charge on any atom is 0.410 e. The van der Waals surface area contributed by atoms with Crippen molar-refractivity contribution in [3.8, 4) is 0 Å². The molecular formula is C15H26NO6S-. The van der Waals surface area contributed by atoms with Crippen molar-refractivity contribution in [2.45, 2.75) is 63.1 Å². The van der Waals surface area contributed by atoms with Gasteiger partial charge in [0, 0.05) is 6.04 Å². The molecule has 2 aliphatic heterocycles. The first-order chi connectivity index (χ1) is 10.8. The first kappa shape index (κ1) is 18.5. The fourth-order valence-corrected chi connectivity index (χ4v) is 4.99. The monoisotopic (exact) mass is 348 g/mol. The van der Waals surface area contributed by atoms with E-state index in [-0.39, 0.29) is 6.04 Å². The molecule has 2 fully saturated rings. The molecular weight excluding hydrogens is 322 g/mol. The van der Waals surface area contributed by atoms with Gasteiger partial charge in [0.25, 0.3) is 10.1 Å². The van der Waals surface area contributed by atoms with Gasteiger partial charge in [0.2, 0.25) is 0 Å². The second-order valence-corrected chi connectivity index (χ2v) is 8.19. The van der Waals surface area contributed by atoms with E-state index in [9.17, 15) is 18.3 Å². The molecule has 8 heteroatoms. The average Bonchev–Trinajstić information content (AvgIpc) is 2.75. The summed E-state index contributed by atoms with van der Waals surface area (Å²) in [6.07, 6.45) is 4.19. The van der Waals surface area contributed by atoms with Crippen molar-refractivity contribution in [3.63, 3.8) is 0 Å². The van der Waals surface area contributed by atoms with Crippen LogP contribution in [0.2, 0.25) is 0 Å². The quantitative estimate of drug-likeness (QED) is 0.661. The Labute approximate surface area is 138 Å². The smallest absolute Gasteiger partial charge is 0.410 e. The minimum Gasteiger partial charge on any atom is -0.854 e. The lowest BCUT2D eigenvalue weighted by atomic mass is 9.73. The molecule has 0 unspecified atom stereocenters. The number of piperidine rings is 1. The molecule has 4 atom stereocenters. The molecule has 0 aliphatic carbocycles. The molecule has 0 saturated carbocycles. The number of carbonyl (C=O) groups is 1. The van der Waals surface area contributed by atoms with Crippen LogP contribution in [0.3, 0.4) is 0 Å². The van der Waals surface area contributed by atoms with E-state index >= 15 is 0 Å². The molecule has 2 heterocycles. The zero-order valence-corrected chi connectivity index (χ0v) is 14.8. The van der Waals surface area contributed by atoms with Crippen molar-refractivity contribution < 1.29 is 27.2 Å². The van der Waals surface area contributed by atoms with Gasteiger partial charge in [0.05, 0.1) is 25.0 Å². The average molecular weight is 348 g/mol. The van der Waals surface area contributed by atoms with Gasteiger partial charge in [-0.3, -0.25) is 9.08 Å². The van der Waals surface area contributed by atoms with Gasteiger partial charge in [-0.05, 0) is 31.6 Å². The summed E-state index contributed by atoms with van der Waals surface area (Å²) in [7, 11) is -2.32. The predicted molar refractivity (Wildman–Crippen MR) is 82.2 cm³/mol. The third-order valence-electron chi connectivity index (χ3n) is 5.21. The third kappa shape index (κ3) is 3.49. The number of nitrogens with zero attached hydrogens (tertiary/aromatic N) is 1. The van der Waals surface area contributed by atoms with Crippen LogP contribution in [-0.4, -0.2) is 57.1 Å². The number of hydrogen-bond acceptors (Lipinski definition) is 6. The fourth-order valence-electron chi connectivity index (χ4n) is 4.33. The van der Waals surface area contributed by atoms with Gasteiger partial charge in [-0.15, -0.1) is 6.61 Å². The zero-order chi connectivity index (χ0) is 17.3. The topological polar surface area (TPSA) is 96.0 Å². The number of unbranched alkanes of at least 4 members (excludes halogenated alkanes) is 1. The molecule has 0 aromatic rings. The Bertz CT molecular complexity index is 536. The van der Waals surface area contributed by atoms with Crippen molar-refractivity contribution in [1.82, 2.24) is 4.90 Å². The summed E-state index contributed by atoms with van der Waals surface area (Å²) in [4.78, 5) is 14.0. The molecule has 0 spiro atoms. The standard InChI is InChI=1S/C15H26NO6S/c1-4-5-7-15-8-6-11(16(15)14(18)21-2)9-13(12(15)10-17)22-23(3,19)20/h11-13H,4-10H2,1-3H3/q-1/t11-,12-,13+,15+/m0/s1. The maximum absolute atomic E-state index is 12.3. The highest BCUT2D eigenvalue weighted by atomic mass is 32.2. The maximum atomic E-state index is 12.3. The highest BCUT2D eigenvalue weighted by Gasteiger charge is 2.59. The summed E-state index contributed by atoms with van der Waals surface area (Å²) < 4.78 is 33.3. The SMILES string of the molecule is CCCC[C@@]12CC[C@@H](C[C@@H](OS(C)(=O)=O)[C@@H]1C[O-])N2C(=O)OC. The summed E-state index contributed by atoms with van der Waals surface area (Å²) in [5.41, 5.74) is -0.650. The molecule has 0 aromatic heterocycles. The highest BCUT2D eigenvalue weighted by Crippen LogP contribution is 2.51. The summed E-state index contributed by atoms with van der Waals surface area (Å²) in [5.74, 6) is -0.540. The Morgan fingerprint density at radius 1 is 1.43 bits per heavy atom. The molecule has 2 saturated heterocycles. The Hall–Kier alpha value is -0.860. The summed E-state index contributed by atoms with van der Waals surface area (Å²) in [5, 5.41) is 11.9. The van der Waals surface area contributed by atoms with Crippen LogP contribution in [-0.2, 0) is 19.0 Å². The zero-order valence-electron chi connectivity index (χ0n) is 14.0. The van der Waals surface area contributed by atoms with E-state index in [0.29, 0.717) is 19.3 Å². The van der Waals surface area contributed by atoms with Gasteiger partial charge in [-0.25, -0.2) is 4.79 Å². The number of ether oxygens (including phenoxy) is 1.